The Bertz CT molecular complexity index is 1340. The van der Waals surface area contributed by atoms with Crippen LogP contribution < -0.4 is 21.3 Å². The van der Waals surface area contributed by atoms with Crippen molar-refractivity contribution >= 4 is 23.7 Å². The molecule has 1 atom stereocenters. The van der Waals surface area contributed by atoms with Gasteiger partial charge in [-0.05, 0) is 55.9 Å². The molecule has 11 heteroatoms. The molecular formula is C29H32F2N6O3. The van der Waals surface area contributed by atoms with E-state index in [-0.39, 0.29) is 18.8 Å². The molecule has 1 aliphatic heterocycles. The SMILES string of the molecule is CCC1=CCN(C(=O)NCC(C(N)=O)N(c2ccc(F)cc2F)C2CCC(C#N)(c3ccccc3)CC2)C(=O)N1. The monoisotopic (exact) mass is 550 g/mol. The summed E-state index contributed by atoms with van der Waals surface area (Å²) in [7, 11) is 0. The Morgan fingerprint density at radius 1 is 1.23 bits per heavy atom. The summed E-state index contributed by atoms with van der Waals surface area (Å²) in [5.74, 6) is -2.50. The van der Waals surface area contributed by atoms with Crippen molar-refractivity contribution < 1.29 is 23.2 Å². The van der Waals surface area contributed by atoms with E-state index in [9.17, 15) is 24.0 Å². The average Bonchev–Trinajstić information content (AvgIpc) is 2.96. The van der Waals surface area contributed by atoms with Gasteiger partial charge in [0.1, 0.15) is 17.7 Å². The molecule has 0 radical (unpaired) electrons. The van der Waals surface area contributed by atoms with E-state index >= 15 is 4.39 Å². The van der Waals surface area contributed by atoms with Crippen molar-refractivity contribution in [1.82, 2.24) is 15.5 Å². The van der Waals surface area contributed by atoms with Gasteiger partial charge in [0, 0.05) is 24.4 Å². The molecule has 1 heterocycles. The number of hydrogen-bond donors (Lipinski definition) is 3. The molecule has 210 valence electrons. The lowest BCUT2D eigenvalue weighted by Crippen LogP contribution is -2.59. The number of allylic oxidation sites excluding steroid dienone is 1. The zero-order chi connectivity index (χ0) is 28.9. The van der Waals surface area contributed by atoms with E-state index in [2.05, 4.69) is 16.7 Å². The summed E-state index contributed by atoms with van der Waals surface area (Å²) in [5, 5.41) is 15.3. The van der Waals surface area contributed by atoms with Gasteiger partial charge in [0.05, 0.1) is 23.7 Å². The standard InChI is InChI=1S/C29H32F2N6O3/c1-2-21-12-15-36(28(40)35-21)27(39)34-17-25(26(33)38)37(24-9-8-20(30)16-23(24)31)22-10-13-29(18-32,14-11-22)19-6-4-3-5-7-19/h3-9,12,16,22,25H,2,10-11,13-15,17H2,1H3,(H2,33,38)(H,34,39)(H,35,40). The van der Waals surface area contributed by atoms with Crippen LogP contribution in [0.5, 0.6) is 0 Å². The highest BCUT2D eigenvalue weighted by molar-refractivity contribution is 5.95. The van der Waals surface area contributed by atoms with E-state index in [1.807, 2.05) is 37.3 Å². The first-order chi connectivity index (χ1) is 19.2. The lowest BCUT2D eigenvalue weighted by atomic mass is 9.69. The summed E-state index contributed by atoms with van der Waals surface area (Å²) >= 11 is 0. The average molecular weight is 551 g/mol. The maximum Gasteiger partial charge on any atom is 0.330 e. The number of carbonyl (C=O) groups excluding carboxylic acids is 3. The van der Waals surface area contributed by atoms with Gasteiger partial charge in [0.2, 0.25) is 5.91 Å². The Labute approximate surface area is 231 Å². The Hall–Kier alpha value is -4.46. The maximum atomic E-state index is 15.1. The van der Waals surface area contributed by atoms with Crippen LogP contribution in [0.15, 0.2) is 60.3 Å². The second-order valence-corrected chi connectivity index (χ2v) is 10.0. The second-order valence-electron chi connectivity index (χ2n) is 10.0. The largest absolute Gasteiger partial charge is 0.368 e. The van der Waals surface area contributed by atoms with Crippen LogP contribution in [0, 0.1) is 23.0 Å². The Morgan fingerprint density at radius 3 is 2.50 bits per heavy atom. The molecule has 0 bridgehead atoms. The van der Waals surface area contributed by atoms with Crippen molar-refractivity contribution in [3.8, 4) is 6.07 Å². The van der Waals surface area contributed by atoms with Gasteiger partial charge < -0.3 is 21.3 Å². The molecule has 1 fully saturated rings. The zero-order valence-corrected chi connectivity index (χ0v) is 22.2. The van der Waals surface area contributed by atoms with Gasteiger partial charge in [-0.1, -0.05) is 37.3 Å². The fourth-order valence-corrected chi connectivity index (χ4v) is 5.47. The Morgan fingerprint density at radius 2 is 1.93 bits per heavy atom. The van der Waals surface area contributed by atoms with Crippen molar-refractivity contribution in [2.75, 3.05) is 18.0 Å². The summed E-state index contributed by atoms with van der Waals surface area (Å²) < 4.78 is 28.9. The molecule has 4 N–H and O–H groups in total. The molecule has 5 amide bonds. The first-order valence-electron chi connectivity index (χ1n) is 13.2. The van der Waals surface area contributed by atoms with E-state index in [0.29, 0.717) is 37.8 Å². The third kappa shape index (κ3) is 5.91. The third-order valence-corrected chi connectivity index (χ3v) is 7.70. The van der Waals surface area contributed by atoms with Gasteiger partial charge in [-0.15, -0.1) is 0 Å². The van der Waals surface area contributed by atoms with Crippen LogP contribution in [-0.2, 0) is 10.2 Å². The topological polar surface area (TPSA) is 132 Å². The molecular weight excluding hydrogens is 518 g/mol. The van der Waals surface area contributed by atoms with Crippen molar-refractivity contribution in [2.45, 2.75) is 56.5 Å². The van der Waals surface area contributed by atoms with Crippen LogP contribution in [0.3, 0.4) is 0 Å². The predicted molar refractivity (Wildman–Crippen MR) is 145 cm³/mol. The number of amides is 5. The number of hydrogen-bond acceptors (Lipinski definition) is 5. The van der Waals surface area contributed by atoms with Crippen LogP contribution in [0.4, 0.5) is 24.1 Å². The first kappa shape index (κ1) is 28.5. The zero-order valence-electron chi connectivity index (χ0n) is 22.2. The number of nitriles is 1. The molecule has 40 heavy (non-hydrogen) atoms. The minimum atomic E-state index is -1.21. The van der Waals surface area contributed by atoms with Crippen molar-refractivity contribution in [2.24, 2.45) is 5.73 Å². The smallest absolute Gasteiger partial charge is 0.330 e. The molecule has 1 aliphatic carbocycles. The third-order valence-electron chi connectivity index (χ3n) is 7.70. The highest BCUT2D eigenvalue weighted by Gasteiger charge is 2.42. The van der Waals surface area contributed by atoms with Crippen molar-refractivity contribution in [3.63, 3.8) is 0 Å². The minimum Gasteiger partial charge on any atom is -0.368 e. The van der Waals surface area contributed by atoms with Crippen LogP contribution >= 0.6 is 0 Å². The summed E-state index contributed by atoms with van der Waals surface area (Å²) in [6.45, 7) is 1.60. The maximum absolute atomic E-state index is 15.1. The summed E-state index contributed by atoms with van der Waals surface area (Å²) in [4.78, 5) is 40.4. The van der Waals surface area contributed by atoms with Crippen LogP contribution in [0.1, 0.15) is 44.6 Å². The fraction of sp³-hybridized carbons (Fsp3) is 0.379. The van der Waals surface area contributed by atoms with E-state index in [4.69, 9.17) is 5.73 Å². The van der Waals surface area contributed by atoms with Crippen molar-refractivity contribution in [3.05, 3.63) is 77.5 Å². The number of rotatable bonds is 8. The number of urea groups is 2. The number of carbonyl (C=O) groups is 3. The number of primary amides is 1. The van der Waals surface area contributed by atoms with Crippen LogP contribution in [0.2, 0.25) is 0 Å². The van der Waals surface area contributed by atoms with Crippen LogP contribution in [0.25, 0.3) is 0 Å². The van der Waals surface area contributed by atoms with Crippen LogP contribution in [-0.4, -0.2) is 48.0 Å². The number of nitrogens with zero attached hydrogens (tertiary/aromatic N) is 3. The quantitative estimate of drug-likeness (QED) is 0.456. The molecule has 2 aromatic rings. The minimum absolute atomic E-state index is 0.0418. The summed E-state index contributed by atoms with van der Waals surface area (Å²) in [5.41, 5.74) is 6.57. The van der Waals surface area contributed by atoms with E-state index in [1.54, 1.807) is 6.08 Å². The predicted octanol–water partition coefficient (Wildman–Crippen LogP) is 4.06. The Kier molecular flexibility index (Phi) is 8.67. The van der Waals surface area contributed by atoms with Gasteiger partial charge in [0.15, 0.2) is 0 Å². The molecule has 1 saturated carbocycles. The number of nitrogens with two attached hydrogens (primary N) is 1. The molecule has 0 aromatic heterocycles. The van der Waals surface area contributed by atoms with E-state index < -0.39 is 47.1 Å². The summed E-state index contributed by atoms with van der Waals surface area (Å²) in [6.07, 6.45) is 4.02. The molecule has 1 unspecified atom stereocenters. The lowest BCUT2D eigenvalue weighted by molar-refractivity contribution is -0.119. The van der Waals surface area contributed by atoms with Gasteiger partial charge in [0.25, 0.3) is 0 Å². The summed E-state index contributed by atoms with van der Waals surface area (Å²) in [6, 6.07) is 11.9. The van der Waals surface area contributed by atoms with Crippen molar-refractivity contribution in [1.29, 1.82) is 5.26 Å². The molecule has 2 aliphatic rings. The highest BCUT2D eigenvalue weighted by Crippen LogP contribution is 2.42. The Balaban J connectivity index is 1.59. The normalized spacial score (nSPS) is 21.4. The van der Waals surface area contributed by atoms with Gasteiger partial charge in [-0.25, -0.2) is 23.3 Å². The van der Waals surface area contributed by atoms with Gasteiger partial charge >= 0.3 is 12.1 Å². The van der Waals surface area contributed by atoms with Gasteiger partial charge in [-0.2, -0.15) is 5.26 Å². The number of halogens is 2. The van der Waals surface area contributed by atoms with E-state index in [0.717, 1.165) is 22.6 Å². The van der Waals surface area contributed by atoms with E-state index in [1.165, 1.54) is 11.0 Å². The molecule has 0 spiro atoms. The number of imide groups is 1. The second kappa shape index (κ2) is 12.2. The number of anilines is 1. The molecule has 0 saturated heterocycles. The highest BCUT2D eigenvalue weighted by atomic mass is 19.1. The molecule has 4 rings (SSSR count). The number of nitrogens with one attached hydrogen (secondary N) is 2. The molecule has 9 nitrogen and oxygen atoms in total. The van der Waals surface area contributed by atoms with Gasteiger partial charge in [-0.3, -0.25) is 4.79 Å². The molecule has 2 aromatic carbocycles. The first-order valence-corrected chi connectivity index (χ1v) is 13.2. The fourth-order valence-electron chi connectivity index (χ4n) is 5.47. The lowest BCUT2D eigenvalue weighted by Gasteiger charge is -2.44. The number of benzene rings is 2.